The molecule has 1 spiro atoms. The second-order valence-corrected chi connectivity index (χ2v) is 50.8. The maximum absolute atomic E-state index is 15.2. The van der Waals surface area contributed by atoms with E-state index in [0.29, 0.717) is 176 Å². The van der Waals surface area contributed by atoms with E-state index in [2.05, 4.69) is 59.7 Å². The first-order valence-electron chi connectivity index (χ1n) is 49.6. The van der Waals surface area contributed by atoms with Crippen LogP contribution in [0, 0.1) is 64.7 Å². The highest BCUT2D eigenvalue weighted by atomic mass is 32.2. The van der Waals surface area contributed by atoms with Gasteiger partial charge in [0, 0.05) is 186 Å². The number of fused-ring (bicyclic) bond motifs is 13. The van der Waals surface area contributed by atoms with E-state index in [4.69, 9.17) is 53.9 Å². The van der Waals surface area contributed by atoms with Crippen LogP contribution >= 0.6 is 0 Å². The molecule has 22 rings (SSSR count). The summed E-state index contributed by atoms with van der Waals surface area (Å²) in [7, 11) is -13.1. The molecule has 4 aromatic carbocycles. The molecule has 27 nitrogen and oxygen atoms in total. The lowest BCUT2D eigenvalue weighted by atomic mass is 9.54. The average molecular weight is 2070 g/mol. The highest BCUT2D eigenvalue weighted by molar-refractivity contribution is 7.90. The van der Waals surface area contributed by atoms with Gasteiger partial charge in [0.1, 0.15) is 34.8 Å². The summed E-state index contributed by atoms with van der Waals surface area (Å²) >= 11 is 0. The molecule has 4 fully saturated rings. The summed E-state index contributed by atoms with van der Waals surface area (Å²) in [5.41, 5.74) is 15.1. The largest absolute Gasteiger partial charge is 0.515 e. The number of allylic oxidation sites excluding steroid dienone is 1. The van der Waals surface area contributed by atoms with Gasteiger partial charge in [0.15, 0.2) is 74.2 Å². The van der Waals surface area contributed by atoms with E-state index in [9.17, 15) is 52.8 Å². The quantitative estimate of drug-likeness (QED) is 0.0533. The lowest BCUT2D eigenvalue weighted by Crippen LogP contribution is -2.55. The standard InChI is InChI=1S/C29H32FN3O4S.C28H27FN4O3S.C28H28FN3O4S.C27H28FN3O3S/c1-18-23-9-8-22-25(21-6-4-5-7-24(21)30)32-27(19-10-13-31-20(16-19)17-38(3,34)35)33-26(22)28(23,2)11-12-29(18)36-14-15-37-29;1-16-22-9-8-21-24(20-6-4-5-7-23(20)29)32-27(17-10-11-30-19(12-17)15-37(3,34)35)33-26(21)28(22,2)13-18-14-31-36-25(16)18;1-16-22-9-8-21-24(20-6-4-5-7-23(20)29)31-27(17-10-11-30-19(12-17)15-37(3,35)36)32-26(21)28(22,2)13-18(14-33)25(16)34;1-16-21-9-8-20-24(19-6-4-5-7-22(19)28)30-26(31-25(20)27(21,2)12-10-23(16)32)17-11-13-29-18(14-17)15-35(3,33)34/h4-7,10,13,16,18,23H,8-9,11-12,14-15,17H2,1-3H3;4-7,10-12,14,16,22H,8-9,13,15H2,1-3H3;4-7,10-12,14,16,22,33H,8-9,13,15H2,1-3H3;4-7,11,13-14,16,21H,8-10,12,15H2,1-3H3/b;;18-14-;/t18-,23-,28-;2*16-,22-,28-;16-,21-,27-/m1111/s1. The van der Waals surface area contributed by atoms with Crippen molar-refractivity contribution in [3.63, 3.8) is 0 Å². The van der Waals surface area contributed by atoms with Crippen molar-refractivity contribution in [1.29, 1.82) is 0 Å². The maximum Gasteiger partial charge on any atom is 0.171 e. The molecule has 10 heterocycles. The van der Waals surface area contributed by atoms with Crippen molar-refractivity contribution in [2.24, 2.45) is 41.4 Å². The molecule has 8 aliphatic carbocycles. The normalized spacial score (nSPS) is 24.4. The topological polar surface area (TPSA) is 390 Å². The summed E-state index contributed by atoms with van der Waals surface area (Å²) < 4.78 is 173. The Hall–Kier alpha value is -12.7. The molecule has 0 unspecified atom stereocenters. The van der Waals surface area contributed by atoms with Gasteiger partial charge in [-0.1, -0.05) is 109 Å². The molecule has 9 aliphatic rings. The van der Waals surface area contributed by atoms with Gasteiger partial charge in [-0.15, -0.1) is 0 Å². The van der Waals surface area contributed by atoms with E-state index in [0.717, 1.165) is 120 Å². The number of hydrogen-bond acceptors (Lipinski definition) is 27. The van der Waals surface area contributed by atoms with E-state index >= 15 is 13.2 Å². The van der Waals surface area contributed by atoms with Gasteiger partial charge < -0.3 is 19.1 Å². The number of nitrogens with zero attached hydrogens (tertiary/aromatic N) is 13. The molecule has 3 saturated carbocycles. The number of aromatic nitrogens is 13. The SMILES string of the molecule is C[C@@H]1[C@H]2CCc3c(-c4ccccc4F)nc(-c4ccnc(CS(C)(=O)=O)c4)nc3[C@]2(C)CCC12OCCO2.C[C@H]1C(=O)/C(=C\O)C[C@@]2(C)c3nc(-c4ccnc(CS(C)(=O)=O)c4)nc(-c4ccccc4F)c3CC[C@H]12.C[C@H]1C(=O)CC[C@@]2(C)c3nc(-c4ccnc(CS(C)(=O)=O)c4)nc(-c4ccccc4F)c3CC[C@H]12.C[C@H]1c2oncc2C[C@@]2(C)c3nc(-c4ccnc(CS(C)(=O)=O)c4)nc(-c4ccccc4F)c3CC[C@H]12. The zero-order valence-corrected chi connectivity index (χ0v) is 87.1. The predicted octanol–water partition coefficient (Wildman–Crippen LogP) is 19.4. The number of aliphatic hydroxyl groups excluding tert-OH is 1. The Labute approximate surface area is 852 Å². The Balaban J connectivity index is 0.000000124. The Kier molecular flexibility index (Phi) is 27.8. The van der Waals surface area contributed by atoms with Crippen molar-refractivity contribution < 1.29 is 79.9 Å². The predicted molar refractivity (Wildman–Crippen MR) is 548 cm³/mol. The van der Waals surface area contributed by atoms with Crippen molar-refractivity contribution in [2.45, 2.75) is 202 Å². The van der Waals surface area contributed by atoms with E-state index in [-0.39, 0.29) is 110 Å². The van der Waals surface area contributed by atoms with E-state index in [1.54, 1.807) is 134 Å². The fourth-order valence-corrected chi connectivity index (χ4v) is 28.0. The number of hydrogen-bond donors (Lipinski definition) is 1. The van der Waals surface area contributed by atoms with Crippen molar-refractivity contribution in [1.82, 2.24) is 65.0 Å². The third kappa shape index (κ3) is 20.2. The lowest BCUT2D eigenvalue weighted by molar-refractivity contribution is -0.234. The highest BCUT2D eigenvalue weighted by Crippen LogP contribution is 2.61. The summed E-state index contributed by atoms with van der Waals surface area (Å²) in [5.74, 6) is 0.719. The lowest BCUT2D eigenvalue weighted by Gasteiger charge is -2.54. The summed E-state index contributed by atoms with van der Waals surface area (Å²) in [6, 6.07) is 40.2. The van der Waals surface area contributed by atoms with Gasteiger partial charge in [0.2, 0.25) is 0 Å². The van der Waals surface area contributed by atoms with Gasteiger partial charge in [-0.25, -0.2) is 91.1 Å². The second kappa shape index (κ2) is 39.8. The van der Waals surface area contributed by atoms with Crippen LogP contribution in [-0.2, 0) is 135 Å². The van der Waals surface area contributed by atoms with Crippen LogP contribution in [0.4, 0.5) is 17.6 Å². The molecule has 12 atom stereocenters. The number of carbonyl (C=O) groups excluding carboxylic acids is 2. The molecule has 35 heteroatoms. The molecule has 1 aliphatic heterocycles. The van der Waals surface area contributed by atoms with Gasteiger partial charge in [-0.2, -0.15) is 0 Å². The molecule has 0 amide bonds. The fraction of sp³-hybridized carbons (Fsp3) is 0.402. The number of halogens is 4. The fourth-order valence-electron chi connectivity index (χ4n) is 25.2. The molecule has 0 radical (unpaired) electrons. The van der Waals surface area contributed by atoms with Crippen LogP contribution < -0.4 is 0 Å². The Bertz CT molecular complexity index is 7970. The third-order valence-electron chi connectivity index (χ3n) is 32.1. The van der Waals surface area contributed by atoms with Gasteiger partial charge in [0.25, 0.3) is 0 Å². The van der Waals surface area contributed by atoms with Crippen LogP contribution in [0.15, 0.2) is 193 Å². The average Bonchev–Trinajstić information content (AvgIpc) is 1.59. The Morgan fingerprint density at radius 3 is 1.05 bits per heavy atom. The molecular formula is C112H115F4N13O14S4. The first-order valence-corrected chi connectivity index (χ1v) is 57.8. The van der Waals surface area contributed by atoms with Crippen LogP contribution in [0.5, 0.6) is 0 Å². The third-order valence-corrected chi connectivity index (χ3v) is 35.4. The van der Waals surface area contributed by atoms with Gasteiger partial charge in [0.05, 0.1) is 117 Å². The first kappa shape index (κ1) is 103. The zero-order valence-electron chi connectivity index (χ0n) is 83.8. The van der Waals surface area contributed by atoms with Crippen LogP contribution in [-0.4, -0.2) is 159 Å². The maximum atomic E-state index is 15.2. The van der Waals surface area contributed by atoms with Crippen LogP contribution in [0.3, 0.4) is 0 Å². The number of ketones is 2. The molecule has 764 valence electrons. The van der Waals surface area contributed by atoms with Crippen molar-refractivity contribution in [2.75, 3.05) is 38.2 Å². The molecular weight excluding hydrogens is 1960 g/mol. The number of pyridine rings is 4. The number of ether oxygens (including phenoxy) is 2. The Morgan fingerprint density at radius 1 is 0.388 bits per heavy atom. The van der Waals surface area contributed by atoms with Crippen LogP contribution in [0.25, 0.3) is 90.6 Å². The second-order valence-electron chi connectivity index (χ2n) is 42.2. The van der Waals surface area contributed by atoms with Crippen LogP contribution in [0.2, 0.25) is 0 Å². The number of Topliss-reactive ketones (excluding diaryl/α,β-unsaturated/α-hetero) is 2. The summed E-state index contributed by atoms with van der Waals surface area (Å²) in [4.78, 5) is 82.0. The summed E-state index contributed by atoms with van der Waals surface area (Å²) in [6.07, 6.45) is 23.5. The summed E-state index contributed by atoms with van der Waals surface area (Å²) in [6.45, 7) is 18.2. The molecule has 13 aromatic rings. The molecule has 1 N–H and O–H groups in total. The Morgan fingerprint density at radius 2 is 0.707 bits per heavy atom. The van der Waals surface area contributed by atoms with Crippen molar-refractivity contribution in [3.8, 4) is 90.6 Å². The van der Waals surface area contributed by atoms with Crippen molar-refractivity contribution in [3.05, 3.63) is 291 Å². The number of aliphatic hydroxyl groups is 1. The van der Waals surface area contributed by atoms with E-state index in [1.165, 1.54) is 49.2 Å². The zero-order chi connectivity index (χ0) is 104. The monoisotopic (exact) mass is 2070 g/mol. The van der Waals surface area contributed by atoms with E-state index in [1.807, 2.05) is 32.9 Å². The van der Waals surface area contributed by atoms with Crippen molar-refractivity contribution >= 4 is 50.9 Å². The smallest absolute Gasteiger partial charge is 0.171 e. The molecule has 0 bridgehead atoms. The van der Waals surface area contributed by atoms with E-state index < -0.39 is 56.4 Å². The summed E-state index contributed by atoms with van der Waals surface area (Å²) in [5, 5.41) is 13.9. The minimum atomic E-state index is -3.31. The first-order chi connectivity index (χ1) is 69.8. The molecule has 147 heavy (non-hydrogen) atoms. The molecule has 9 aromatic heterocycles. The minimum absolute atomic E-state index is 0.00865. The molecule has 1 saturated heterocycles. The van der Waals surface area contributed by atoms with Gasteiger partial charge in [-0.05, 0) is 198 Å². The number of carbonyl (C=O) groups is 2. The highest BCUT2D eigenvalue weighted by Gasteiger charge is 2.60. The van der Waals surface area contributed by atoms with Gasteiger partial charge >= 0.3 is 0 Å². The number of sulfone groups is 4. The number of benzene rings is 4. The van der Waals surface area contributed by atoms with Gasteiger partial charge in [-0.3, -0.25) is 29.5 Å². The number of rotatable bonds is 16. The van der Waals surface area contributed by atoms with Crippen LogP contribution in [0.1, 0.15) is 198 Å². The minimum Gasteiger partial charge on any atom is -0.515 e.